The summed E-state index contributed by atoms with van der Waals surface area (Å²) in [4.78, 5) is 37.9. The maximum Gasteiger partial charge on any atom is 0.326 e. The third-order valence-electron chi connectivity index (χ3n) is 4.61. The number of carboxylic acids is 1. The fourth-order valence-electron chi connectivity index (χ4n) is 3.24. The summed E-state index contributed by atoms with van der Waals surface area (Å²) in [6.45, 7) is 4.07. The number of likely N-dealkylation sites (tertiary alicyclic amines) is 1. The van der Waals surface area contributed by atoms with Crippen molar-refractivity contribution in [2.75, 3.05) is 6.54 Å². The van der Waals surface area contributed by atoms with Crippen molar-refractivity contribution < 1.29 is 27.9 Å². The van der Waals surface area contributed by atoms with Gasteiger partial charge in [-0.15, -0.1) is 0 Å². The second kappa shape index (κ2) is 9.69. The second-order valence-corrected chi connectivity index (χ2v) is 9.21. The Labute approximate surface area is 170 Å². The molecule has 8 nitrogen and oxygen atoms in total. The Balaban J connectivity index is 2.12. The average Bonchev–Trinajstić information content (AvgIpc) is 3.16. The fraction of sp³-hybridized carbons (Fsp3) is 0.450. The highest BCUT2D eigenvalue weighted by atomic mass is 32.2. The van der Waals surface area contributed by atoms with Crippen molar-refractivity contribution in [2.24, 2.45) is 5.92 Å². The number of carboxylic acid groups (broad SMARTS) is 1. The van der Waals surface area contributed by atoms with Gasteiger partial charge >= 0.3 is 5.97 Å². The molecule has 1 aromatic rings. The molecule has 0 spiro atoms. The zero-order valence-corrected chi connectivity index (χ0v) is 17.3. The number of nitrogens with one attached hydrogen (secondary N) is 1. The molecule has 9 heteroatoms. The minimum atomic E-state index is -3.78. The summed E-state index contributed by atoms with van der Waals surface area (Å²) in [7, 11) is -3.78. The highest BCUT2D eigenvalue weighted by Gasteiger charge is 2.37. The van der Waals surface area contributed by atoms with Crippen LogP contribution in [-0.4, -0.2) is 54.8 Å². The summed E-state index contributed by atoms with van der Waals surface area (Å²) >= 11 is 0. The molecule has 0 bridgehead atoms. The third kappa shape index (κ3) is 6.15. The number of hydrogen-bond donors (Lipinski definition) is 2. The van der Waals surface area contributed by atoms with Crippen LogP contribution in [0.3, 0.4) is 0 Å². The van der Waals surface area contributed by atoms with Crippen molar-refractivity contribution in [1.82, 2.24) is 10.2 Å². The van der Waals surface area contributed by atoms with E-state index in [1.807, 2.05) is 13.8 Å². The summed E-state index contributed by atoms with van der Waals surface area (Å²) in [5.41, 5.74) is 0. The van der Waals surface area contributed by atoms with E-state index in [-0.39, 0.29) is 10.8 Å². The van der Waals surface area contributed by atoms with Gasteiger partial charge < -0.3 is 15.3 Å². The molecule has 158 valence electrons. The van der Waals surface area contributed by atoms with Gasteiger partial charge in [-0.05, 0) is 37.3 Å². The van der Waals surface area contributed by atoms with Gasteiger partial charge in [-0.1, -0.05) is 32.0 Å². The molecule has 1 aromatic carbocycles. The third-order valence-corrected chi connectivity index (χ3v) is 6.04. The van der Waals surface area contributed by atoms with Gasteiger partial charge in [0.15, 0.2) is 9.84 Å². The molecule has 2 rings (SSSR count). The van der Waals surface area contributed by atoms with Crippen LogP contribution in [-0.2, 0) is 24.2 Å². The van der Waals surface area contributed by atoms with E-state index in [1.165, 1.54) is 17.0 Å². The molecule has 29 heavy (non-hydrogen) atoms. The minimum absolute atomic E-state index is 0.0558. The van der Waals surface area contributed by atoms with Gasteiger partial charge in [0.25, 0.3) is 0 Å². The molecule has 1 fully saturated rings. The summed E-state index contributed by atoms with van der Waals surface area (Å²) in [6, 6.07) is 5.85. The molecule has 2 unspecified atom stereocenters. The molecule has 2 N–H and O–H groups in total. The zero-order chi connectivity index (χ0) is 21.6. The van der Waals surface area contributed by atoms with Crippen LogP contribution in [0.1, 0.15) is 33.1 Å². The number of hydrogen-bond acceptors (Lipinski definition) is 5. The van der Waals surface area contributed by atoms with Crippen LogP contribution >= 0.6 is 0 Å². The first kappa shape index (κ1) is 22.6. The Morgan fingerprint density at radius 3 is 2.48 bits per heavy atom. The molecule has 0 radical (unpaired) electrons. The van der Waals surface area contributed by atoms with Crippen molar-refractivity contribution in [3.63, 3.8) is 0 Å². The Morgan fingerprint density at radius 2 is 1.90 bits per heavy atom. The summed E-state index contributed by atoms with van der Waals surface area (Å²) in [6.07, 6.45) is 2.15. The molecule has 0 aliphatic carbocycles. The lowest BCUT2D eigenvalue weighted by Gasteiger charge is -2.28. The molecule has 2 atom stereocenters. The van der Waals surface area contributed by atoms with Crippen LogP contribution < -0.4 is 5.32 Å². The summed E-state index contributed by atoms with van der Waals surface area (Å²) < 4.78 is 24.5. The number of benzene rings is 1. The lowest BCUT2D eigenvalue weighted by atomic mass is 10.0. The molecular weight excluding hydrogens is 396 g/mol. The highest BCUT2D eigenvalue weighted by molar-refractivity contribution is 7.94. The molecule has 1 saturated heterocycles. The smallest absolute Gasteiger partial charge is 0.326 e. The number of carbonyl (C=O) groups excluding carboxylic acids is 2. The number of nitrogens with zero attached hydrogens (tertiary/aromatic N) is 1. The Hall–Kier alpha value is -2.68. The maximum atomic E-state index is 12.9. The lowest BCUT2D eigenvalue weighted by molar-refractivity contribution is -0.149. The lowest BCUT2D eigenvalue weighted by Crippen LogP contribution is -2.51. The first-order valence-corrected chi connectivity index (χ1v) is 11.0. The van der Waals surface area contributed by atoms with Gasteiger partial charge in [0, 0.05) is 18.0 Å². The van der Waals surface area contributed by atoms with Gasteiger partial charge in [0.05, 0.1) is 4.90 Å². The van der Waals surface area contributed by atoms with Crippen molar-refractivity contribution in [2.45, 2.75) is 50.1 Å². The SMILES string of the molecule is CC(C)CC(NC(=O)C=CS(=O)(=O)c1ccccc1)C(=O)N1CCCC1C(=O)O. The Morgan fingerprint density at radius 1 is 1.24 bits per heavy atom. The van der Waals surface area contributed by atoms with Crippen LogP contribution in [0.4, 0.5) is 0 Å². The topological polar surface area (TPSA) is 121 Å². The second-order valence-electron chi connectivity index (χ2n) is 7.38. The molecule has 2 amide bonds. The van der Waals surface area contributed by atoms with E-state index in [4.69, 9.17) is 0 Å². The van der Waals surface area contributed by atoms with Crippen LogP contribution in [0.5, 0.6) is 0 Å². The van der Waals surface area contributed by atoms with E-state index in [1.54, 1.807) is 18.2 Å². The van der Waals surface area contributed by atoms with E-state index in [9.17, 15) is 27.9 Å². The highest BCUT2D eigenvalue weighted by Crippen LogP contribution is 2.20. The fourth-order valence-corrected chi connectivity index (χ4v) is 4.24. The van der Waals surface area contributed by atoms with Crippen LogP contribution in [0, 0.1) is 5.92 Å². The predicted octanol–water partition coefficient (Wildman–Crippen LogP) is 1.58. The largest absolute Gasteiger partial charge is 0.480 e. The van der Waals surface area contributed by atoms with Crippen LogP contribution in [0.15, 0.2) is 46.7 Å². The van der Waals surface area contributed by atoms with Gasteiger partial charge in [-0.2, -0.15) is 0 Å². The van der Waals surface area contributed by atoms with Crippen molar-refractivity contribution >= 4 is 27.6 Å². The summed E-state index contributed by atoms with van der Waals surface area (Å²) in [5, 5.41) is 12.6. The zero-order valence-electron chi connectivity index (χ0n) is 16.4. The van der Waals surface area contributed by atoms with Crippen molar-refractivity contribution in [1.29, 1.82) is 0 Å². The molecule has 1 aliphatic heterocycles. The van der Waals surface area contributed by atoms with E-state index in [0.717, 1.165) is 11.5 Å². The number of rotatable bonds is 8. The van der Waals surface area contributed by atoms with E-state index in [0.29, 0.717) is 25.8 Å². The first-order chi connectivity index (χ1) is 13.6. The number of carbonyl (C=O) groups is 3. The van der Waals surface area contributed by atoms with Gasteiger partial charge in [-0.25, -0.2) is 13.2 Å². The molecule has 1 aliphatic rings. The average molecular weight is 423 g/mol. The predicted molar refractivity (Wildman–Crippen MR) is 107 cm³/mol. The summed E-state index contributed by atoms with van der Waals surface area (Å²) in [5.74, 6) is -2.20. The first-order valence-electron chi connectivity index (χ1n) is 9.44. The van der Waals surface area contributed by atoms with Crippen LogP contribution in [0.2, 0.25) is 0 Å². The Kier molecular flexibility index (Phi) is 7.55. The maximum absolute atomic E-state index is 12.9. The normalized spacial score (nSPS) is 18.2. The molecule has 1 heterocycles. The quantitative estimate of drug-likeness (QED) is 0.614. The van der Waals surface area contributed by atoms with E-state index >= 15 is 0 Å². The minimum Gasteiger partial charge on any atom is -0.480 e. The molecule has 0 saturated carbocycles. The van der Waals surface area contributed by atoms with Gasteiger partial charge in [0.1, 0.15) is 12.1 Å². The standard InChI is InChI=1S/C20H26N2O6S/c1-14(2)13-16(19(24)22-11-6-9-17(22)20(25)26)21-18(23)10-12-29(27,28)15-7-4-3-5-8-15/h3-5,7-8,10,12,14,16-17H,6,9,11,13H2,1-2H3,(H,21,23)(H,25,26). The molecule has 0 aromatic heterocycles. The number of aliphatic carboxylic acids is 1. The van der Waals surface area contributed by atoms with Gasteiger partial charge in [0.2, 0.25) is 11.8 Å². The number of amides is 2. The monoisotopic (exact) mass is 422 g/mol. The van der Waals surface area contributed by atoms with Crippen molar-refractivity contribution in [3.05, 3.63) is 41.8 Å². The van der Waals surface area contributed by atoms with Crippen LogP contribution in [0.25, 0.3) is 0 Å². The number of sulfone groups is 1. The van der Waals surface area contributed by atoms with E-state index in [2.05, 4.69) is 5.32 Å². The molecular formula is C20H26N2O6S. The van der Waals surface area contributed by atoms with E-state index < -0.39 is 39.7 Å². The van der Waals surface area contributed by atoms with Gasteiger partial charge in [-0.3, -0.25) is 9.59 Å². The van der Waals surface area contributed by atoms with Crippen molar-refractivity contribution in [3.8, 4) is 0 Å². The Bertz CT molecular complexity index is 879.